The SMILES string of the molecule is C[Si](C)(C)OP(=O)(O[Si](C)(C)C)O[Si](C)(C)C.C[Si](C)(C)OS(=O)(=O)C(F)(F)F. The Labute approximate surface area is 177 Å². The van der Waals surface area contributed by atoms with Gasteiger partial charge in [-0.2, -0.15) is 21.6 Å². The van der Waals surface area contributed by atoms with Gasteiger partial charge in [-0.3, -0.25) is 0 Å². The third kappa shape index (κ3) is 18.0. The van der Waals surface area contributed by atoms with Gasteiger partial charge in [0, 0.05) is 0 Å². The highest BCUT2D eigenvalue weighted by atomic mass is 32.2. The predicted octanol–water partition coefficient (Wildman–Crippen LogP) is 6.34. The van der Waals surface area contributed by atoms with Crippen LogP contribution >= 0.6 is 7.82 Å². The number of hydrogen-bond acceptors (Lipinski definition) is 7. The summed E-state index contributed by atoms with van der Waals surface area (Å²) in [6.07, 6.45) is 0. The number of phosphoric acid groups is 1. The predicted molar refractivity (Wildman–Crippen MR) is 120 cm³/mol. The molecule has 0 N–H and O–H groups in total. The smallest absolute Gasteiger partial charge is 0.331 e. The Morgan fingerprint density at radius 1 is 0.621 bits per heavy atom. The highest BCUT2D eigenvalue weighted by Crippen LogP contribution is 2.55. The molecule has 0 aliphatic rings. The molecule has 0 saturated heterocycles. The summed E-state index contributed by atoms with van der Waals surface area (Å²) < 4.78 is 89.5. The Bertz CT molecular complexity index is 627. The summed E-state index contributed by atoms with van der Waals surface area (Å²) in [5.41, 5.74) is -5.31. The van der Waals surface area contributed by atoms with Crippen molar-refractivity contribution in [3.63, 3.8) is 0 Å². The third-order valence-corrected chi connectivity index (χ3v) is 14.5. The molecule has 0 unspecified atom stereocenters. The van der Waals surface area contributed by atoms with Gasteiger partial charge in [-0.05, 0) is 78.6 Å². The van der Waals surface area contributed by atoms with Crippen molar-refractivity contribution in [3.05, 3.63) is 0 Å². The lowest BCUT2D eigenvalue weighted by Crippen LogP contribution is -2.36. The molecule has 0 aromatic rings. The Morgan fingerprint density at radius 3 is 0.966 bits per heavy atom. The fourth-order valence-electron chi connectivity index (χ4n) is 1.44. The molecule has 0 amide bonds. The molecule has 0 aliphatic carbocycles. The van der Waals surface area contributed by atoms with Gasteiger partial charge >= 0.3 is 23.4 Å². The van der Waals surface area contributed by atoms with Gasteiger partial charge in [0.05, 0.1) is 0 Å². The van der Waals surface area contributed by atoms with Crippen molar-refractivity contribution in [2.45, 2.75) is 84.1 Å². The van der Waals surface area contributed by atoms with E-state index in [9.17, 15) is 26.2 Å². The van der Waals surface area contributed by atoms with E-state index in [0.29, 0.717) is 0 Å². The molecule has 0 atom stereocenters. The van der Waals surface area contributed by atoms with E-state index in [1.165, 1.54) is 19.6 Å². The molecular weight excluding hydrogens is 501 g/mol. The van der Waals surface area contributed by atoms with Gasteiger partial charge in [0.15, 0.2) is 25.0 Å². The van der Waals surface area contributed by atoms with Crippen LogP contribution in [-0.4, -0.2) is 47.2 Å². The van der Waals surface area contributed by atoms with Crippen LogP contribution in [0.4, 0.5) is 13.2 Å². The Kier molecular flexibility index (Phi) is 11.1. The number of halogens is 3. The van der Waals surface area contributed by atoms with E-state index in [4.69, 9.17) is 12.6 Å². The van der Waals surface area contributed by atoms with Gasteiger partial charge in [-0.1, -0.05) is 0 Å². The summed E-state index contributed by atoms with van der Waals surface area (Å²) in [5, 5.41) is 0. The zero-order chi connectivity index (χ0) is 24.3. The molecule has 29 heavy (non-hydrogen) atoms. The number of alkyl halides is 3. The molecule has 0 bridgehead atoms. The highest BCUT2D eigenvalue weighted by molar-refractivity contribution is 7.88. The summed E-state index contributed by atoms with van der Waals surface area (Å²) in [6, 6.07) is 0. The maximum Gasteiger partial charge on any atom is 0.522 e. The normalized spacial score (nSPS) is 15.0. The van der Waals surface area contributed by atoms with E-state index in [-0.39, 0.29) is 0 Å². The lowest BCUT2D eigenvalue weighted by molar-refractivity contribution is -0.0503. The second-order valence-electron chi connectivity index (χ2n) is 10.2. The Hall–Kier alpha value is 0.678. The third-order valence-electron chi connectivity index (χ3n) is 1.80. The second kappa shape index (κ2) is 10.1. The van der Waals surface area contributed by atoms with Gasteiger partial charge in [-0.15, -0.1) is 0 Å². The molecular formula is C13H36F3O7PSSi4. The standard InChI is InChI=1S/C9H27O4PSi3.C4H9F3O3SSi/c1-15(2,3)11-14(10,12-16(4,5)6)13-17(7,8)9;1-12(2,3)10-11(8,9)4(5,6)7/h1-9H3;1-3H3. The van der Waals surface area contributed by atoms with Crippen LogP contribution < -0.4 is 0 Å². The first-order chi connectivity index (χ1) is 12.1. The highest BCUT2D eigenvalue weighted by Gasteiger charge is 2.49. The van der Waals surface area contributed by atoms with Crippen molar-refractivity contribution < 1.29 is 42.7 Å². The van der Waals surface area contributed by atoms with Crippen LogP contribution in [-0.2, 0) is 31.2 Å². The van der Waals surface area contributed by atoms with Gasteiger partial charge in [-0.25, -0.2) is 4.57 Å². The second-order valence-corrected chi connectivity index (χ2v) is 32.2. The molecule has 0 aromatic heterocycles. The van der Waals surface area contributed by atoms with Gasteiger partial charge < -0.3 is 16.5 Å². The monoisotopic (exact) mass is 536 g/mol. The maximum absolute atomic E-state index is 12.7. The first kappa shape index (κ1) is 31.9. The fourth-order valence-corrected chi connectivity index (χ4v) is 14.0. The van der Waals surface area contributed by atoms with Crippen LogP contribution in [0.25, 0.3) is 0 Å². The Morgan fingerprint density at radius 2 is 0.862 bits per heavy atom. The number of hydrogen-bond donors (Lipinski definition) is 0. The van der Waals surface area contributed by atoms with Gasteiger partial charge in [0.25, 0.3) is 0 Å². The molecule has 16 heteroatoms. The van der Waals surface area contributed by atoms with E-state index < -0.39 is 56.7 Å². The molecule has 0 aromatic carbocycles. The molecule has 0 spiro atoms. The van der Waals surface area contributed by atoms with Crippen molar-refractivity contribution in [3.8, 4) is 0 Å². The summed E-state index contributed by atoms with van der Waals surface area (Å²) in [5.74, 6) is 0. The van der Waals surface area contributed by atoms with E-state index in [2.05, 4.69) is 3.87 Å². The average molecular weight is 537 g/mol. The van der Waals surface area contributed by atoms with E-state index in [0.717, 1.165) is 0 Å². The van der Waals surface area contributed by atoms with Crippen LogP contribution in [0.15, 0.2) is 0 Å². The maximum atomic E-state index is 12.7. The van der Waals surface area contributed by atoms with Crippen molar-refractivity contribution >= 4 is 51.2 Å². The van der Waals surface area contributed by atoms with Gasteiger partial charge in [0.1, 0.15) is 0 Å². The number of rotatable bonds is 8. The summed E-state index contributed by atoms with van der Waals surface area (Å²) >= 11 is 0. The minimum Gasteiger partial charge on any atom is -0.331 e. The lowest BCUT2D eigenvalue weighted by Gasteiger charge is -2.33. The topological polar surface area (TPSA) is 88.1 Å². The van der Waals surface area contributed by atoms with Crippen LogP contribution in [0, 0.1) is 0 Å². The largest absolute Gasteiger partial charge is 0.522 e. The van der Waals surface area contributed by atoms with Crippen LogP contribution in [0.3, 0.4) is 0 Å². The molecule has 178 valence electrons. The summed E-state index contributed by atoms with van der Waals surface area (Å²) in [4.78, 5) is 0. The van der Waals surface area contributed by atoms with Gasteiger partial charge in [0.2, 0.25) is 8.32 Å². The lowest BCUT2D eigenvalue weighted by atomic mass is 11.6. The van der Waals surface area contributed by atoms with Crippen LogP contribution in [0.1, 0.15) is 0 Å². The summed E-state index contributed by atoms with van der Waals surface area (Å²) in [7, 11) is -17.4. The van der Waals surface area contributed by atoms with E-state index >= 15 is 0 Å². The molecule has 0 radical (unpaired) electrons. The molecule has 0 saturated carbocycles. The van der Waals surface area contributed by atoms with Crippen molar-refractivity contribution in [1.82, 2.24) is 0 Å². The zero-order valence-corrected chi connectivity index (χ0v) is 25.1. The first-order valence-electron chi connectivity index (χ1n) is 8.82. The minimum atomic E-state index is -5.39. The quantitative estimate of drug-likeness (QED) is 0.203. The molecule has 0 aliphatic heterocycles. The zero-order valence-electron chi connectivity index (χ0n) is 19.3. The van der Waals surface area contributed by atoms with Crippen LogP contribution in [0.2, 0.25) is 78.6 Å². The Balaban J connectivity index is 0. The first-order valence-corrected chi connectivity index (χ1v) is 25.3. The molecule has 0 rings (SSSR count). The van der Waals surface area contributed by atoms with Crippen molar-refractivity contribution in [1.29, 1.82) is 0 Å². The van der Waals surface area contributed by atoms with Crippen molar-refractivity contribution in [2.24, 2.45) is 0 Å². The summed E-state index contributed by atoms with van der Waals surface area (Å²) in [6.45, 7) is 22.0. The van der Waals surface area contributed by atoms with E-state index in [1.54, 1.807) is 0 Å². The molecule has 0 heterocycles. The molecule has 0 fully saturated rings. The average Bonchev–Trinajstić information content (AvgIpc) is 2.12. The minimum absolute atomic E-state index is 1.36. The molecule has 7 nitrogen and oxygen atoms in total. The van der Waals surface area contributed by atoms with Crippen LogP contribution in [0.5, 0.6) is 0 Å². The van der Waals surface area contributed by atoms with Crippen molar-refractivity contribution in [2.75, 3.05) is 0 Å². The van der Waals surface area contributed by atoms with E-state index in [1.807, 2.05) is 58.9 Å². The fraction of sp³-hybridized carbons (Fsp3) is 1.00.